The number of benzene rings is 1. The first-order valence-corrected chi connectivity index (χ1v) is 8.56. The highest BCUT2D eigenvalue weighted by Gasteiger charge is 2.22. The van der Waals surface area contributed by atoms with E-state index in [-0.39, 0.29) is 17.4 Å². The molecule has 0 atom stereocenters. The van der Waals surface area contributed by atoms with Gasteiger partial charge >= 0.3 is 5.97 Å². The van der Waals surface area contributed by atoms with Crippen molar-refractivity contribution in [1.82, 2.24) is 0 Å². The summed E-state index contributed by atoms with van der Waals surface area (Å²) in [7, 11) is -3.55. The lowest BCUT2D eigenvalue weighted by Gasteiger charge is -2.21. The summed E-state index contributed by atoms with van der Waals surface area (Å²) in [5.41, 5.74) is -0.475. The Balaban J connectivity index is 2.09. The summed E-state index contributed by atoms with van der Waals surface area (Å²) in [4.78, 5) is 10.8. The molecular formula is C14H18FNO4S. The van der Waals surface area contributed by atoms with Crippen LogP contribution in [0.4, 0.5) is 10.1 Å². The van der Waals surface area contributed by atoms with Crippen LogP contribution in [-0.4, -0.2) is 25.2 Å². The summed E-state index contributed by atoms with van der Waals surface area (Å²) in [5.74, 6) is -2.17. The maximum absolute atomic E-state index is 13.3. The maximum atomic E-state index is 13.3. The molecule has 0 aliphatic heterocycles. The van der Waals surface area contributed by atoms with Crippen LogP contribution in [0.15, 0.2) is 18.2 Å². The zero-order chi connectivity index (χ0) is 15.5. The number of hydrogen-bond acceptors (Lipinski definition) is 3. The number of aromatic carboxylic acids is 1. The van der Waals surface area contributed by atoms with E-state index < -0.39 is 27.4 Å². The van der Waals surface area contributed by atoms with E-state index in [1.807, 2.05) is 0 Å². The molecule has 1 aromatic carbocycles. The molecule has 1 aliphatic rings. The van der Waals surface area contributed by atoms with Gasteiger partial charge < -0.3 is 5.11 Å². The van der Waals surface area contributed by atoms with Gasteiger partial charge in [0.2, 0.25) is 10.0 Å². The van der Waals surface area contributed by atoms with Crippen molar-refractivity contribution in [2.45, 2.75) is 32.1 Å². The number of anilines is 1. The second-order valence-corrected chi connectivity index (χ2v) is 7.15. The fraction of sp³-hybridized carbons (Fsp3) is 0.500. The first-order chi connectivity index (χ1) is 9.87. The van der Waals surface area contributed by atoms with Crippen LogP contribution in [0, 0.1) is 11.7 Å². The van der Waals surface area contributed by atoms with Crippen molar-refractivity contribution in [3.63, 3.8) is 0 Å². The average molecular weight is 315 g/mol. The molecule has 0 bridgehead atoms. The zero-order valence-electron chi connectivity index (χ0n) is 11.5. The first kappa shape index (κ1) is 15.8. The van der Waals surface area contributed by atoms with Gasteiger partial charge in [-0.3, -0.25) is 4.72 Å². The SMILES string of the molecule is O=C(O)c1cc(NS(=O)(=O)CC2CCCCC2)ccc1F. The summed E-state index contributed by atoms with van der Waals surface area (Å²) in [6.07, 6.45) is 5.01. The molecule has 0 heterocycles. The lowest BCUT2D eigenvalue weighted by Crippen LogP contribution is -2.24. The van der Waals surface area contributed by atoms with Gasteiger partial charge in [-0.15, -0.1) is 0 Å². The molecule has 1 aliphatic carbocycles. The summed E-state index contributed by atoms with van der Waals surface area (Å²) in [5, 5.41) is 8.83. The molecule has 1 saturated carbocycles. The standard InChI is InChI=1S/C14H18FNO4S/c15-13-7-6-11(8-12(13)14(17)18)16-21(19,20)9-10-4-2-1-3-5-10/h6-8,10,16H,1-5,9H2,(H,17,18). The van der Waals surface area contributed by atoms with E-state index in [0.29, 0.717) is 0 Å². The molecule has 21 heavy (non-hydrogen) atoms. The number of nitrogens with one attached hydrogen (secondary N) is 1. The van der Waals surface area contributed by atoms with E-state index in [0.717, 1.165) is 44.2 Å². The number of sulfonamides is 1. The minimum atomic E-state index is -3.55. The highest BCUT2D eigenvalue weighted by atomic mass is 32.2. The smallest absolute Gasteiger partial charge is 0.338 e. The van der Waals surface area contributed by atoms with Crippen molar-refractivity contribution in [3.05, 3.63) is 29.6 Å². The second-order valence-electron chi connectivity index (χ2n) is 5.39. The summed E-state index contributed by atoms with van der Waals surface area (Å²) in [6.45, 7) is 0. The third kappa shape index (κ3) is 4.42. The van der Waals surface area contributed by atoms with Crippen molar-refractivity contribution in [3.8, 4) is 0 Å². The molecule has 1 aromatic rings. The van der Waals surface area contributed by atoms with E-state index in [4.69, 9.17) is 5.11 Å². The molecule has 116 valence electrons. The van der Waals surface area contributed by atoms with Gasteiger partial charge in [0, 0.05) is 5.69 Å². The lowest BCUT2D eigenvalue weighted by atomic mass is 9.91. The van der Waals surface area contributed by atoms with Crippen molar-refractivity contribution in [1.29, 1.82) is 0 Å². The molecule has 0 radical (unpaired) electrons. The van der Waals surface area contributed by atoms with Crippen LogP contribution in [0.25, 0.3) is 0 Å². The number of carbonyl (C=O) groups is 1. The van der Waals surface area contributed by atoms with Crippen LogP contribution >= 0.6 is 0 Å². The van der Waals surface area contributed by atoms with E-state index >= 15 is 0 Å². The Kier molecular flexibility index (Phi) is 4.82. The molecule has 5 nitrogen and oxygen atoms in total. The Morgan fingerprint density at radius 3 is 2.57 bits per heavy atom. The largest absolute Gasteiger partial charge is 0.478 e. The number of halogens is 1. The van der Waals surface area contributed by atoms with Gasteiger partial charge in [-0.1, -0.05) is 19.3 Å². The summed E-state index contributed by atoms with van der Waals surface area (Å²) in [6, 6.07) is 3.16. The van der Waals surface area contributed by atoms with Crippen molar-refractivity contribution in [2.75, 3.05) is 10.5 Å². The molecule has 7 heteroatoms. The predicted molar refractivity (Wildman–Crippen MR) is 77.3 cm³/mol. The topological polar surface area (TPSA) is 83.5 Å². The van der Waals surface area contributed by atoms with Crippen molar-refractivity contribution >= 4 is 21.7 Å². The van der Waals surface area contributed by atoms with Crippen LogP contribution in [-0.2, 0) is 10.0 Å². The summed E-state index contributed by atoms with van der Waals surface area (Å²) < 4.78 is 39.8. The molecule has 1 fully saturated rings. The van der Waals surface area contributed by atoms with E-state index in [1.165, 1.54) is 6.07 Å². The molecule has 0 amide bonds. The van der Waals surface area contributed by atoms with Crippen LogP contribution in [0.1, 0.15) is 42.5 Å². The number of hydrogen-bond donors (Lipinski definition) is 2. The highest BCUT2D eigenvalue weighted by Crippen LogP contribution is 2.25. The molecule has 0 aromatic heterocycles. The molecule has 0 saturated heterocycles. The van der Waals surface area contributed by atoms with Crippen molar-refractivity contribution in [2.24, 2.45) is 5.92 Å². The fourth-order valence-electron chi connectivity index (χ4n) is 2.64. The molecular weight excluding hydrogens is 297 g/mol. The number of carboxylic acids is 1. The van der Waals surface area contributed by atoms with Crippen LogP contribution < -0.4 is 4.72 Å². The Morgan fingerprint density at radius 2 is 1.95 bits per heavy atom. The molecule has 0 spiro atoms. The fourth-order valence-corrected chi connectivity index (χ4v) is 4.16. The minimum absolute atomic E-state index is 0.0206. The zero-order valence-corrected chi connectivity index (χ0v) is 12.3. The normalized spacial score (nSPS) is 16.6. The quantitative estimate of drug-likeness (QED) is 0.875. The monoisotopic (exact) mass is 315 g/mol. The number of rotatable bonds is 5. The van der Waals surface area contributed by atoms with Gasteiger partial charge in [-0.05, 0) is 37.0 Å². The third-order valence-corrected chi connectivity index (χ3v) is 5.11. The van der Waals surface area contributed by atoms with E-state index in [9.17, 15) is 17.6 Å². The Hall–Kier alpha value is -1.63. The number of carboxylic acid groups (broad SMARTS) is 1. The molecule has 0 unspecified atom stereocenters. The van der Waals surface area contributed by atoms with E-state index in [1.54, 1.807) is 0 Å². The Bertz CT molecular complexity index is 624. The predicted octanol–water partition coefficient (Wildman–Crippen LogP) is 2.85. The van der Waals surface area contributed by atoms with Gasteiger partial charge in [-0.2, -0.15) is 0 Å². The maximum Gasteiger partial charge on any atom is 0.338 e. The third-order valence-electron chi connectivity index (χ3n) is 3.65. The second kappa shape index (κ2) is 6.43. The van der Waals surface area contributed by atoms with E-state index in [2.05, 4.69) is 4.72 Å². The lowest BCUT2D eigenvalue weighted by molar-refractivity contribution is 0.0692. The van der Waals surface area contributed by atoms with Gasteiger partial charge in [0.25, 0.3) is 0 Å². The molecule has 2 N–H and O–H groups in total. The minimum Gasteiger partial charge on any atom is -0.478 e. The van der Waals surface area contributed by atoms with Crippen LogP contribution in [0.3, 0.4) is 0 Å². The Morgan fingerprint density at radius 1 is 1.29 bits per heavy atom. The Labute approximate surface area is 123 Å². The molecule has 2 rings (SSSR count). The van der Waals surface area contributed by atoms with Crippen LogP contribution in [0.2, 0.25) is 0 Å². The highest BCUT2D eigenvalue weighted by molar-refractivity contribution is 7.92. The summed E-state index contributed by atoms with van der Waals surface area (Å²) >= 11 is 0. The van der Waals surface area contributed by atoms with Gasteiger partial charge in [-0.25, -0.2) is 17.6 Å². The van der Waals surface area contributed by atoms with Gasteiger partial charge in [0.1, 0.15) is 5.82 Å². The van der Waals surface area contributed by atoms with Gasteiger partial charge in [0.15, 0.2) is 0 Å². The van der Waals surface area contributed by atoms with Crippen LogP contribution in [0.5, 0.6) is 0 Å². The first-order valence-electron chi connectivity index (χ1n) is 6.91. The average Bonchev–Trinajstić information content (AvgIpc) is 2.41. The van der Waals surface area contributed by atoms with Gasteiger partial charge in [0.05, 0.1) is 11.3 Å². The van der Waals surface area contributed by atoms with Crippen molar-refractivity contribution < 1.29 is 22.7 Å².